The Balaban J connectivity index is 1.64. The molecule has 0 N–H and O–H groups in total. The van der Waals surface area contributed by atoms with E-state index < -0.39 is 0 Å². The van der Waals surface area contributed by atoms with Crippen LogP contribution in [0.1, 0.15) is 11.1 Å². The van der Waals surface area contributed by atoms with E-state index in [1.165, 1.54) is 22.2 Å². The number of amides is 1. The van der Waals surface area contributed by atoms with Crippen LogP contribution in [0.15, 0.2) is 58.3 Å². The summed E-state index contributed by atoms with van der Waals surface area (Å²) in [6.45, 7) is 2.46. The average molecular weight is 410 g/mol. The lowest BCUT2D eigenvalue weighted by Crippen LogP contribution is -2.33. The van der Waals surface area contributed by atoms with Crippen LogP contribution in [-0.2, 0) is 17.9 Å². The largest absolute Gasteiger partial charge is 0.340 e. The number of aryl methyl sites for hydroxylation is 1. The zero-order valence-corrected chi connectivity index (χ0v) is 17.2. The first-order valence-electron chi connectivity index (χ1n) is 8.83. The highest BCUT2D eigenvalue weighted by Crippen LogP contribution is 2.35. The summed E-state index contributed by atoms with van der Waals surface area (Å²) in [7, 11) is 1.75. The van der Waals surface area contributed by atoms with Gasteiger partial charge in [-0.15, -0.1) is 11.3 Å². The Bertz CT molecular complexity index is 1180. The molecule has 0 aliphatic rings. The Morgan fingerprint density at radius 1 is 1.21 bits per heavy atom. The fraction of sp³-hybridized carbons (Fsp3) is 0.190. The second kappa shape index (κ2) is 7.69. The van der Waals surface area contributed by atoms with Crippen molar-refractivity contribution in [2.24, 2.45) is 0 Å². The van der Waals surface area contributed by atoms with Crippen LogP contribution in [0.5, 0.6) is 0 Å². The number of thiophene rings is 2. The summed E-state index contributed by atoms with van der Waals surface area (Å²) in [5, 5.41) is 4.60. The van der Waals surface area contributed by atoms with Crippen molar-refractivity contribution in [2.45, 2.75) is 20.0 Å². The molecule has 1 amide bonds. The highest BCUT2D eigenvalue weighted by molar-refractivity contribution is 7.22. The topological polar surface area (TPSA) is 55.2 Å². The molecule has 0 radical (unpaired) electrons. The van der Waals surface area contributed by atoms with Crippen LogP contribution in [0.3, 0.4) is 0 Å². The van der Waals surface area contributed by atoms with Gasteiger partial charge in [0.05, 0.1) is 11.7 Å². The first-order chi connectivity index (χ1) is 13.5. The van der Waals surface area contributed by atoms with Gasteiger partial charge in [-0.25, -0.2) is 4.98 Å². The number of carbonyl (C=O) groups is 1. The Morgan fingerprint density at radius 3 is 2.71 bits per heavy atom. The second-order valence-corrected chi connectivity index (χ2v) is 8.44. The minimum atomic E-state index is -0.168. The maximum Gasteiger partial charge on any atom is 0.262 e. The fourth-order valence-electron chi connectivity index (χ4n) is 3.15. The number of carbonyl (C=O) groups excluding carboxylic acids is 1. The third-order valence-corrected chi connectivity index (χ3v) is 6.67. The van der Waals surface area contributed by atoms with Gasteiger partial charge in [0.25, 0.3) is 5.56 Å². The van der Waals surface area contributed by atoms with Crippen molar-refractivity contribution >= 4 is 38.8 Å². The van der Waals surface area contributed by atoms with Gasteiger partial charge in [-0.05, 0) is 40.4 Å². The zero-order valence-electron chi connectivity index (χ0n) is 15.6. The van der Waals surface area contributed by atoms with Crippen molar-refractivity contribution in [1.82, 2.24) is 14.5 Å². The Morgan fingerprint density at radius 2 is 2.00 bits per heavy atom. The van der Waals surface area contributed by atoms with Crippen molar-refractivity contribution in [1.29, 1.82) is 0 Å². The summed E-state index contributed by atoms with van der Waals surface area (Å²) < 4.78 is 1.41. The number of hydrogen-bond acceptors (Lipinski definition) is 5. The van der Waals surface area contributed by atoms with Gasteiger partial charge in [-0.3, -0.25) is 14.2 Å². The molecule has 142 valence electrons. The van der Waals surface area contributed by atoms with Gasteiger partial charge in [0.1, 0.15) is 11.4 Å². The number of fused-ring (bicyclic) bond motifs is 1. The van der Waals surface area contributed by atoms with Crippen molar-refractivity contribution in [3.05, 3.63) is 75.0 Å². The van der Waals surface area contributed by atoms with E-state index in [9.17, 15) is 9.59 Å². The molecule has 0 fully saturated rings. The molecule has 0 spiro atoms. The predicted octanol–water partition coefficient (Wildman–Crippen LogP) is 4.15. The summed E-state index contributed by atoms with van der Waals surface area (Å²) >= 11 is 3.11. The number of aromatic nitrogens is 2. The maximum atomic E-state index is 13.0. The van der Waals surface area contributed by atoms with Crippen LogP contribution < -0.4 is 5.56 Å². The third kappa shape index (κ3) is 3.50. The molecule has 28 heavy (non-hydrogen) atoms. The molecule has 4 rings (SSSR count). The normalized spacial score (nSPS) is 11.1. The van der Waals surface area contributed by atoms with Gasteiger partial charge in [0.2, 0.25) is 5.91 Å². The molecule has 0 saturated heterocycles. The van der Waals surface area contributed by atoms with E-state index in [2.05, 4.69) is 4.98 Å². The van der Waals surface area contributed by atoms with E-state index in [4.69, 9.17) is 0 Å². The third-order valence-electron chi connectivity index (χ3n) is 4.68. The van der Waals surface area contributed by atoms with E-state index >= 15 is 0 Å². The maximum absolute atomic E-state index is 13.0. The SMILES string of the molecule is Cc1c(-c2ccccc2)sc2ncn(CC(=O)N(C)Cc3ccsc3)c(=O)c12. The van der Waals surface area contributed by atoms with E-state index in [0.717, 1.165) is 21.6 Å². The first-order valence-corrected chi connectivity index (χ1v) is 10.6. The van der Waals surface area contributed by atoms with Crippen molar-refractivity contribution in [3.63, 3.8) is 0 Å². The van der Waals surface area contributed by atoms with Gasteiger partial charge in [0.15, 0.2) is 0 Å². The fourth-order valence-corrected chi connectivity index (χ4v) is 4.95. The van der Waals surface area contributed by atoms with Crippen LogP contribution in [0.25, 0.3) is 20.7 Å². The summed E-state index contributed by atoms with van der Waals surface area (Å²) in [5.74, 6) is -0.120. The summed E-state index contributed by atoms with van der Waals surface area (Å²) in [6.07, 6.45) is 1.48. The van der Waals surface area contributed by atoms with E-state index in [1.807, 2.05) is 54.1 Å². The molecule has 0 unspecified atom stereocenters. The molecular weight excluding hydrogens is 390 g/mol. The van der Waals surface area contributed by atoms with E-state index in [1.54, 1.807) is 23.3 Å². The Hall–Kier alpha value is -2.77. The molecule has 1 aromatic carbocycles. The van der Waals surface area contributed by atoms with Crippen LogP contribution in [0, 0.1) is 6.92 Å². The van der Waals surface area contributed by atoms with Crippen molar-refractivity contribution in [3.8, 4) is 10.4 Å². The molecule has 0 atom stereocenters. The zero-order chi connectivity index (χ0) is 19.7. The summed E-state index contributed by atoms with van der Waals surface area (Å²) in [6, 6.07) is 12.0. The molecule has 0 aliphatic carbocycles. The molecule has 5 nitrogen and oxygen atoms in total. The molecule has 3 aromatic heterocycles. The Kier molecular flexibility index (Phi) is 5.11. The molecular formula is C21H19N3O2S2. The van der Waals surface area contributed by atoms with Gasteiger partial charge >= 0.3 is 0 Å². The predicted molar refractivity (Wildman–Crippen MR) is 115 cm³/mol. The van der Waals surface area contributed by atoms with E-state index in [-0.39, 0.29) is 18.0 Å². The monoisotopic (exact) mass is 409 g/mol. The minimum absolute atomic E-state index is 0.0155. The van der Waals surface area contributed by atoms with Gasteiger partial charge in [0, 0.05) is 18.5 Å². The number of hydrogen-bond donors (Lipinski definition) is 0. The molecule has 0 bridgehead atoms. The molecule has 4 aromatic rings. The number of likely N-dealkylation sites (N-methyl/N-ethyl adjacent to an activating group) is 1. The van der Waals surface area contributed by atoms with Crippen molar-refractivity contribution < 1.29 is 4.79 Å². The lowest BCUT2D eigenvalue weighted by Gasteiger charge is -2.17. The number of nitrogens with zero attached hydrogens (tertiary/aromatic N) is 3. The highest BCUT2D eigenvalue weighted by Gasteiger charge is 2.17. The molecule has 3 heterocycles. The van der Waals surface area contributed by atoms with Crippen LogP contribution in [0.2, 0.25) is 0 Å². The number of benzene rings is 1. The second-order valence-electron chi connectivity index (χ2n) is 6.66. The van der Waals surface area contributed by atoms with E-state index in [0.29, 0.717) is 16.8 Å². The van der Waals surface area contributed by atoms with Gasteiger partial charge < -0.3 is 4.90 Å². The molecule has 7 heteroatoms. The summed E-state index contributed by atoms with van der Waals surface area (Å²) in [4.78, 5) is 33.4. The highest BCUT2D eigenvalue weighted by atomic mass is 32.1. The minimum Gasteiger partial charge on any atom is -0.340 e. The average Bonchev–Trinajstić information content (AvgIpc) is 3.32. The summed E-state index contributed by atoms with van der Waals surface area (Å²) in [5.41, 5.74) is 2.90. The van der Waals surface area contributed by atoms with Crippen LogP contribution in [-0.4, -0.2) is 27.4 Å². The number of rotatable bonds is 5. The van der Waals surface area contributed by atoms with Gasteiger partial charge in [-0.2, -0.15) is 11.3 Å². The van der Waals surface area contributed by atoms with Crippen LogP contribution >= 0.6 is 22.7 Å². The standard InChI is InChI=1S/C21H19N3O2S2/c1-14-18-20(28-19(14)16-6-4-3-5-7-16)22-13-24(21(18)26)11-17(25)23(2)10-15-8-9-27-12-15/h3-9,12-13H,10-11H2,1-2H3. The quantitative estimate of drug-likeness (QED) is 0.497. The molecule has 0 aliphatic heterocycles. The lowest BCUT2D eigenvalue weighted by molar-refractivity contribution is -0.131. The lowest BCUT2D eigenvalue weighted by atomic mass is 10.1. The Labute approximate surface area is 170 Å². The van der Waals surface area contributed by atoms with Crippen LogP contribution in [0.4, 0.5) is 0 Å². The first kappa shape index (κ1) is 18.6. The van der Waals surface area contributed by atoms with Crippen molar-refractivity contribution in [2.75, 3.05) is 7.05 Å². The molecule has 0 saturated carbocycles. The smallest absolute Gasteiger partial charge is 0.262 e. The van der Waals surface area contributed by atoms with Gasteiger partial charge in [-0.1, -0.05) is 30.3 Å².